The summed E-state index contributed by atoms with van der Waals surface area (Å²) in [5.41, 5.74) is 0. The van der Waals surface area contributed by atoms with E-state index in [2.05, 4.69) is 6.92 Å². The van der Waals surface area contributed by atoms with E-state index in [9.17, 15) is 4.79 Å². The lowest BCUT2D eigenvalue weighted by Crippen LogP contribution is -2.15. The standard InChI is InChI=1S/C10H20O3/c1-4-5-6-13-10(11)8-12-7-9(2)3/h9H,4-8H2,1-3H3. The average molecular weight is 188 g/mol. The Labute approximate surface area is 80.4 Å². The molecule has 3 heteroatoms. The number of hydrogen-bond acceptors (Lipinski definition) is 3. The van der Waals surface area contributed by atoms with Gasteiger partial charge in [0.25, 0.3) is 0 Å². The Balaban J connectivity index is 3.20. The molecule has 0 radical (unpaired) electrons. The lowest BCUT2D eigenvalue weighted by atomic mass is 10.2. The first-order valence-corrected chi connectivity index (χ1v) is 4.90. The van der Waals surface area contributed by atoms with Crippen molar-refractivity contribution in [2.75, 3.05) is 19.8 Å². The summed E-state index contributed by atoms with van der Waals surface area (Å²) >= 11 is 0. The van der Waals surface area contributed by atoms with Crippen molar-refractivity contribution < 1.29 is 14.3 Å². The van der Waals surface area contributed by atoms with Crippen LogP contribution in [-0.2, 0) is 14.3 Å². The first kappa shape index (κ1) is 12.4. The van der Waals surface area contributed by atoms with Gasteiger partial charge in [-0.2, -0.15) is 0 Å². The molecule has 0 heterocycles. The summed E-state index contributed by atoms with van der Waals surface area (Å²) in [6, 6.07) is 0. The van der Waals surface area contributed by atoms with Crippen molar-refractivity contribution in [3.63, 3.8) is 0 Å². The van der Waals surface area contributed by atoms with E-state index in [1.165, 1.54) is 0 Å². The second-order valence-electron chi connectivity index (χ2n) is 3.48. The van der Waals surface area contributed by atoms with E-state index >= 15 is 0 Å². The zero-order chi connectivity index (χ0) is 10.1. The molecule has 0 spiro atoms. The van der Waals surface area contributed by atoms with Crippen LogP contribution in [0.1, 0.15) is 33.6 Å². The van der Waals surface area contributed by atoms with Crippen LogP contribution in [0.15, 0.2) is 0 Å². The average Bonchev–Trinajstić information content (AvgIpc) is 2.04. The molecule has 0 fully saturated rings. The van der Waals surface area contributed by atoms with Gasteiger partial charge in [-0.05, 0) is 12.3 Å². The topological polar surface area (TPSA) is 35.5 Å². The maximum Gasteiger partial charge on any atom is 0.332 e. The Morgan fingerprint density at radius 1 is 1.38 bits per heavy atom. The molecular formula is C10H20O3. The van der Waals surface area contributed by atoms with E-state index in [-0.39, 0.29) is 12.6 Å². The van der Waals surface area contributed by atoms with Crippen molar-refractivity contribution in [2.24, 2.45) is 5.92 Å². The minimum atomic E-state index is -0.255. The summed E-state index contributed by atoms with van der Waals surface area (Å²) in [5, 5.41) is 0. The molecule has 0 bridgehead atoms. The van der Waals surface area contributed by atoms with Gasteiger partial charge in [0.05, 0.1) is 6.61 Å². The van der Waals surface area contributed by atoms with Crippen LogP contribution in [-0.4, -0.2) is 25.8 Å². The Hall–Kier alpha value is -0.570. The van der Waals surface area contributed by atoms with Gasteiger partial charge in [-0.1, -0.05) is 27.2 Å². The van der Waals surface area contributed by atoms with Gasteiger partial charge in [0.1, 0.15) is 6.61 Å². The van der Waals surface area contributed by atoms with Crippen molar-refractivity contribution in [3.05, 3.63) is 0 Å². The number of rotatable bonds is 7. The van der Waals surface area contributed by atoms with Crippen LogP contribution in [0.5, 0.6) is 0 Å². The highest BCUT2D eigenvalue weighted by molar-refractivity contribution is 5.70. The largest absolute Gasteiger partial charge is 0.464 e. The van der Waals surface area contributed by atoms with Gasteiger partial charge in [0.15, 0.2) is 0 Å². The fourth-order valence-electron chi connectivity index (χ4n) is 0.750. The van der Waals surface area contributed by atoms with E-state index in [0.717, 1.165) is 12.8 Å². The summed E-state index contributed by atoms with van der Waals surface area (Å²) in [5.74, 6) is 0.206. The molecule has 0 aliphatic rings. The third kappa shape index (κ3) is 9.34. The number of unbranched alkanes of at least 4 members (excludes halogenated alkanes) is 1. The summed E-state index contributed by atoms with van der Waals surface area (Å²) < 4.78 is 10.0. The molecule has 13 heavy (non-hydrogen) atoms. The Kier molecular flexibility index (Phi) is 7.69. The minimum Gasteiger partial charge on any atom is -0.464 e. The second-order valence-corrected chi connectivity index (χ2v) is 3.48. The molecule has 0 aromatic heterocycles. The highest BCUT2D eigenvalue weighted by Crippen LogP contribution is 1.93. The van der Waals surface area contributed by atoms with E-state index in [4.69, 9.17) is 9.47 Å². The van der Waals surface area contributed by atoms with Crippen LogP contribution < -0.4 is 0 Å². The van der Waals surface area contributed by atoms with Crippen molar-refractivity contribution in [3.8, 4) is 0 Å². The summed E-state index contributed by atoms with van der Waals surface area (Å²) in [6.07, 6.45) is 1.97. The first-order chi connectivity index (χ1) is 6.16. The SMILES string of the molecule is CCCCOC(=O)COCC(C)C. The molecule has 0 N–H and O–H groups in total. The quantitative estimate of drug-likeness (QED) is 0.453. The Morgan fingerprint density at radius 2 is 2.08 bits per heavy atom. The monoisotopic (exact) mass is 188 g/mol. The van der Waals surface area contributed by atoms with E-state index in [1.807, 2.05) is 13.8 Å². The van der Waals surface area contributed by atoms with Crippen molar-refractivity contribution in [1.29, 1.82) is 0 Å². The van der Waals surface area contributed by atoms with Crippen LogP contribution >= 0.6 is 0 Å². The third-order valence-corrected chi connectivity index (χ3v) is 1.43. The number of carbonyl (C=O) groups is 1. The molecule has 78 valence electrons. The second kappa shape index (κ2) is 8.05. The minimum absolute atomic E-state index is 0.0852. The van der Waals surface area contributed by atoms with Crippen LogP contribution in [0.3, 0.4) is 0 Å². The molecule has 0 saturated carbocycles. The summed E-state index contributed by atoms with van der Waals surface area (Å²) in [7, 11) is 0. The van der Waals surface area contributed by atoms with Gasteiger partial charge in [-0.25, -0.2) is 4.79 Å². The molecule has 0 aromatic rings. The predicted octanol–water partition coefficient (Wildman–Crippen LogP) is 2.00. The lowest BCUT2D eigenvalue weighted by Gasteiger charge is -2.06. The van der Waals surface area contributed by atoms with Gasteiger partial charge in [0, 0.05) is 6.61 Å². The Bertz CT molecular complexity index is 132. The highest BCUT2D eigenvalue weighted by atomic mass is 16.6. The molecule has 0 atom stereocenters. The summed E-state index contributed by atoms with van der Waals surface area (Å²) in [4.78, 5) is 11.0. The normalized spacial score (nSPS) is 10.5. The van der Waals surface area contributed by atoms with E-state index < -0.39 is 0 Å². The Morgan fingerprint density at radius 3 is 2.62 bits per heavy atom. The van der Waals surface area contributed by atoms with Crippen molar-refractivity contribution in [1.82, 2.24) is 0 Å². The predicted molar refractivity (Wildman–Crippen MR) is 51.5 cm³/mol. The van der Waals surface area contributed by atoms with E-state index in [0.29, 0.717) is 19.1 Å². The number of esters is 1. The smallest absolute Gasteiger partial charge is 0.332 e. The van der Waals surface area contributed by atoms with Crippen molar-refractivity contribution in [2.45, 2.75) is 33.6 Å². The third-order valence-electron chi connectivity index (χ3n) is 1.43. The van der Waals surface area contributed by atoms with Gasteiger partial charge in [-0.15, -0.1) is 0 Å². The van der Waals surface area contributed by atoms with Crippen LogP contribution in [0.4, 0.5) is 0 Å². The van der Waals surface area contributed by atoms with Crippen molar-refractivity contribution >= 4 is 5.97 Å². The molecule has 0 aromatic carbocycles. The molecule has 0 amide bonds. The van der Waals surface area contributed by atoms with Gasteiger partial charge in [0.2, 0.25) is 0 Å². The van der Waals surface area contributed by atoms with Crippen LogP contribution in [0.25, 0.3) is 0 Å². The number of ether oxygens (including phenoxy) is 2. The van der Waals surface area contributed by atoms with Gasteiger partial charge < -0.3 is 9.47 Å². The van der Waals surface area contributed by atoms with E-state index in [1.54, 1.807) is 0 Å². The van der Waals surface area contributed by atoms with Gasteiger partial charge in [-0.3, -0.25) is 0 Å². The lowest BCUT2D eigenvalue weighted by molar-refractivity contribution is -0.149. The molecule has 0 rings (SSSR count). The molecule has 0 aliphatic carbocycles. The molecule has 0 unspecified atom stereocenters. The number of carbonyl (C=O) groups excluding carboxylic acids is 1. The van der Waals surface area contributed by atoms with Crippen LogP contribution in [0.2, 0.25) is 0 Å². The highest BCUT2D eigenvalue weighted by Gasteiger charge is 2.02. The first-order valence-electron chi connectivity index (χ1n) is 4.90. The molecule has 0 saturated heterocycles. The molecule has 3 nitrogen and oxygen atoms in total. The zero-order valence-corrected chi connectivity index (χ0v) is 8.84. The van der Waals surface area contributed by atoms with Crippen LogP contribution in [0, 0.1) is 5.92 Å². The number of hydrogen-bond donors (Lipinski definition) is 0. The molecular weight excluding hydrogens is 168 g/mol. The zero-order valence-electron chi connectivity index (χ0n) is 8.84. The summed E-state index contributed by atoms with van der Waals surface area (Å²) in [6.45, 7) is 7.36. The maximum atomic E-state index is 11.0. The molecule has 0 aliphatic heterocycles. The fourth-order valence-corrected chi connectivity index (χ4v) is 0.750. The fraction of sp³-hybridized carbons (Fsp3) is 0.900. The maximum absolute atomic E-state index is 11.0. The van der Waals surface area contributed by atoms with Gasteiger partial charge >= 0.3 is 5.97 Å².